The summed E-state index contributed by atoms with van der Waals surface area (Å²) in [7, 11) is 0. The molecule has 2 unspecified atom stereocenters. The number of alkyl halides is 3. The third-order valence-corrected chi connectivity index (χ3v) is 8.32. The minimum Gasteiger partial charge on any atom is -0.393 e. The second-order valence-corrected chi connectivity index (χ2v) is 11.0. The van der Waals surface area contributed by atoms with Crippen LogP contribution in [0.25, 0.3) is 0 Å². The summed E-state index contributed by atoms with van der Waals surface area (Å²) < 4.78 is 40.4. The Hall–Kier alpha value is -2.22. The number of piperidine rings is 1. The highest BCUT2D eigenvalue weighted by atomic mass is 32.1. The van der Waals surface area contributed by atoms with Crippen LogP contribution < -0.4 is 4.90 Å². The third-order valence-electron chi connectivity index (χ3n) is 7.92. The molecule has 196 valence electrons. The Bertz CT molecular complexity index is 1040. The van der Waals surface area contributed by atoms with E-state index >= 15 is 0 Å². The molecule has 0 aliphatic carbocycles. The summed E-state index contributed by atoms with van der Waals surface area (Å²) in [6.45, 7) is 5.05. The molecule has 3 heterocycles. The van der Waals surface area contributed by atoms with Crippen LogP contribution in [0.15, 0.2) is 18.2 Å². The fraction of sp³-hybridized carbons (Fsp3) is 0.654. The van der Waals surface area contributed by atoms with E-state index in [-0.39, 0.29) is 22.8 Å². The number of aliphatic hydroxyl groups excluding tert-OH is 1. The zero-order valence-electron chi connectivity index (χ0n) is 20.7. The van der Waals surface area contributed by atoms with Crippen LogP contribution in [-0.4, -0.2) is 62.7 Å². The van der Waals surface area contributed by atoms with Crippen LogP contribution in [-0.2, 0) is 11.0 Å². The second kappa shape index (κ2) is 10.3. The Morgan fingerprint density at radius 3 is 2.31 bits per heavy atom. The topological polar surface area (TPSA) is 70.8 Å². The number of unbranched alkanes of at least 4 members (excludes halogenated alkanes) is 3. The van der Waals surface area contributed by atoms with Gasteiger partial charge in [0, 0.05) is 18.6 Å². The number of anilines is 1. The molecule has 1 N–H and O–H groups in total. The Morgan fingerprint density at radius 1 is 1.11 bits per heavy atom. The number of hydrogen-bond donors (Lipinski definition) is 1. The lowest BCUT2D eigenvalue weighted by molar-refractivity contribution is -0.137. The molecule has 1 aromatic carbocycles. The van der Waals surface area contributed by atoms with Crippen LogP contribution in [0.2, 0.25) is 0 Å². The predicted molar refractivity (Wildman–Crippen MR) is 134 cm³/mol. The Balaban J connectivity index is 1.33. The number of halogens is 3. The fourth-order valence-corrected chi connectivity index (χ4v) is 6.48. The summed E-state index contributed by atoms with van der Waals surface area (Å²) in [6.07, 6.45) is 3.15. The van der Waals surface area contributed by atoms with Crippen LogP contribution in [0.4, 0.5) is 18.9 Å². The first kappa shape index (κ1) is 26.8. The average molecular weight is 523 g/mol. The molecule has 0 radical (unpaired) electrons. The average Bonchev–Trinajstić information content (AvgIpc) is 3.14. The van der Waals surface area contributed by atoms with Crippen molar-refractivity contribution >= 4 is 28.9 Å². The lowest BCUT2D eigenvalue weighted by Crippen LogP contribution is -2.45. The van der Waals surface area contributed by atoms with Crippen molar-refractivity contribution in [3.8, 4) is 6.07 Å². The van der Waals surface area contributed by atoms with E-state index in [9.17, 15) is 23.1 Å². The molecule has 1 amide bonds. The summed E-state index contributed by atoms with van der Waals surface area (Å²) in [5, 5.41) is 19.2. The number of nitrogens with zero attached hydrogens (tertiary/aromatic N) is 4. The SMILES string of the molecule is CC1(C)C(=O)N(c2ccc(C#N)c(C(F)(F)F)c2)C(=S)N1CCCCCCN1C2CCC1CC(O)C2. The number of carbonyl (C=O) groups excluding carboxylic acids is 1. The second-order valence-electron chi connectivity index (χ2n) is 10.6. The van der Waals surface area contributed by atoms with E-state index in [0.29, 0.717) is 18.6 Å². The van der Waals surface area contributed by atoms with E-state index in [1.807, 2.05) is 0 Å². The fourth-order valence-electron chi connectivity index (χ4n) is 5.97. The van der Waals surface area contributed by atoms with E-state index in [4.69, 9.17) is 17.5 Å². The molecular weight excluding hydrogens is 489 g/mol. The third kappa shape index (κ3) is 5.11. The molecule has 2 bridgehead atoms. The lowest BCUT2D eigenvalue weighted by Gasteiger charge is -2.37. The highest BCUT2D eigenvalue weighted by Crippen LogP contribution is 2.38. The first-order valence-corrected chi connectivity index (χ1v) is 13.1. The summed E-state index contributed by atoms with van der Waals surface area (Å²) >= 11 is 5.55. The van der Waals surface area contributed by atoms with Gasteiger partial charge in [0.15, 0.2) is 5.11 Å². The number of thiocarbonyl (C=S) groups is 1. The molecular formula is C26H33F3N4O2S. The smallest absolute Gasteiger partial charge is 0.393 e. The number of aliphatic hydroxyl groups is 1. The van der Waals surface area contributed by atoms with Gasteiger partial charge < -0.3 is 10.0 Å². The van der Waals surface area contributed by atoms with Gasteiger partial charge in [0.1, 0.15) is 5.54 Å². The summed E-state index contributed by atoms with van der Waals surface area (Å²) in [6, 6.07) is 5.84. The molecule has 6 nitrogen and oxygen atoms in total. The largest absolute Gasteiger partial charge is 0.417 e. The molecule has 2 atom stereocenters. The molecule has 0 spiro atoms. The van der Waals surface area contributed by atoms with Crippen LogP contribution in [0, 0.1) is 11.3 Å². The van der Waals surface area contributed by atoms with Crippen molar-refractivity contribution in [1.29, 1.82) is 5.26 Å². The molecule has 3 saturated heterocycles. The Morgan fingerprint density at radius 2 is 1.72 bits per heavy atom. The van der Waals surface area contributed by atoms with Crippen molar-refractivity contribution < 1.29 is 23.1 Å². The molecule has 3 fully saturated rings. The number of fused-ring (bicyclic) bond motifs is 2. The number of nitriles is 1. The number of hydrogen-bond acceptors (Lipinski definition) is 5. The molecule has 36 heavy (non-hydrogen) atoms. The van der Waals surface area contributed by atoms with Crippen molar-refractivity contribution in [1.82, 2.24) is 9.80 Å². The molecule has 1 aromatic rings. The van der Waals surface area contributed by atoms with Crippen molar-refractivity contribution in [3.05, 3.63) is 29.3 Å². The van der Waals surface area contributed by atoms with E-state index in [1.165, 1.54) is 18.9 Å². The first-order chi connectivity index (χ1) is 16.9. The number of amides is 1. The maximum Gasteiger partial charge on any atom is 0.417 e. The molecule has 3 aliphatic rings. The van der Waals surface area contributed by atoms with E-state index in [2.05, 4.69) is 4.90 Å². The molecule has 10 heteroatoms. The molecule has 0 aromatic heterocycles. The zero-order valence-corrected chi connectivity index (χ0v) is 21.5. The molecule has 4 rings (SSSR count). The van der Waals surface area contributed by atoms with Crippen molar-refractivity contribution in [2.45, 2.75) is 95.1 Å². The van der Waals surface area contributed by atoms with Gasteiger partial charge in [0.05, 0.1) is 29.0 Å². The molecule has 3 aliphatic heterocycles. The van der Waals surface area contributed by atoms with Crippen molar-refractivity contribution in [2.75, 3.05) is 18.0 Å². The van der Waals surface area contributed by atoms with Gasteiger partial charge >= 0.3 is 6.18 Å². The number of rotatable bonds is 8. The molecule has 0 saturated carbocycles. The summed E-state index contributed by atoms with van der Waals surface area (Å²) in [5.74, 6) is -0.381. The van der Waals surface area contributed by atoms with Gasteiger partial charge in [-0.3, -0.25) is 14.6 Å². The normalized spacial score (nSPS) is 26.1. The highest BCUT2D eigenvalue weighted by Gasteiger charge is 2.49. The first-order valence-electron chi connectivity index (χ1n) is 12.7. The van der Waals surface area contributed by atoms with Gasteiger partial charge in [-0.15, -0.1) is 0 Å². The monoisotopic (exact) mass is 522 g/mol. The minimum absolute atomic E-state index is 0.0215. The Labute approximate surface area is 215 Å². The highest BCUT2D eigenvalue weighted by molar-refractivity contribution is 7.80. The lowest BCUT2D eigenvalue weighted by atomic mass is 9.99. The summed E-state index contributed by atoms with van der Waals surface area (Å²) in [4.78, 5) is 18.7. The summed E-state index contributed by atoms with van der Waals surface area (Å²) in [5.41, 5.74) is -2.52. The van der Waals surface area contributed by atoms with Gasteiger partial charge in [-0.1, -0.05) is 12.8 Å². The van der Waals surface area contributed by atoms with Crippen LogP contribution in [0.3, 0.4) is 0 Å². The predicted octanol–water partition coefficient (Wildman–Crippen LogP) is 4.84. The van der Waals surface area contributed by atoms with Crippen LogP contribution >= 0.6 is 12.2 Å². The number of benzene rings is 1. The van der Waals surface area contributed by atoms with Gasteiger partial charge in [0.25, 0.3) is 5.91 Å². The van der Waals surface area contributed by atoms with Crippen LogP contribution in [0.5, 0.6) is 0 Å². The standard InChI is InChI=1S/C26H33F3N4O2S/c1-25(2)23(35)33(20-8-7-17(16-30)22(15-20)26(27,28)29)24(36)32(25)12-6-4-3-5-11-31-18-9-10-19(31)14-21(34)13-18/h7-8,15,18-19,21,34H,3-6,9-14H2,1-2H3. The van der Waals surface area contributed by atoms with E-state index in [1.54, 1.807) is 24.8 Å². The quantitative estimate of drug-likeness (QED) is 0.389. The van der Waals surface area contributed by atoms with Crippen molar-refractivity contribution in [2.24, 2.45) is 0 Å². The van der Waals surface area contributed by atoms with Gasteiger partial charge in [-0.2, -0.15) is 18.4 Å². The van der Waals surface area contributed by atoms with E-state index in [0.717, 1.165) is 62.1 Å². The maximum absolute atomic E-state index is 13.5. The zero-order chi connectivity index (χ0) is 26.3. The van der Waals surface area contributed by atoms with Gasteiger partial charge in [0.2, 0.25) is 0 Å². The van der Waals surface area contributed by atoms with Crippen molar-refractivity contribution in [3.63, 3.8) is 0 Å². The maximum atomic E-state index is 13.5. The van der Waals surface area contributed by atoms with Gasteiger partial charge in [-0.25, -0.2) is 0 Å². The number of carbonyl (C=O) groups is 1. The van der Waals surface area contributed by atoms with Gasteiger partial charge in [-0.05, 0) is 89.3 Å². The van der Waals surface area contributed by atoms with E-state index < -0.39 is 22.8 Å². The minimum atomic E-state index is -4.71. The van der Waals surface area contributed by atoms with Crippen LogP contribution in [0.1, 0.15) is 76.3 Å². The Kier molecular flexibility index (Phi) is 7.65.